The Balaban J connectivity index is 2.07. The lowest BCUT2D eigenvalue weighted by molar-refractivity contribution is -0.139. The first kappa shape index (κ1) is 31.5. The first-order valence-electron chi connectivity index (χ1n) is 12.9. The smallest absolute Gasteiger partial charge is 0.264 e. The van der Waals surface area contributed by atoms with Gasteiger partial charge in [0.2, 0.25) is 11.8 Å². The summed E-state index contributed by atoms with van der Waals surface area (Å²) in [5.41, 5.74) is 3.77. The first-order chi connectivity index (χ1) is 18.7. The molecule has 40 heavy (non-hydrogen) atoms. The third-order valence-electron chi connectivity index (χ3n) is 6.60. The maximum Gasteiger partial charge on any atom is 0.264 e. The number of hydrogen-bond donors (Lipinski definition) is 1. The number of amides is 2. The fourth-order valence-corrected chi connectivity index (χ4v) is 5.80. The summed E-state index contributed by atoms with van der Waals surface area (Å²) in [5, 5.41) is 3.50. The summed E-state index contributed by atoms with van der Waals surface area (Å²) in [7, 11) is -4.13. The molecule has 1 atom stereocenters. The first-order valence-corrected chi connectivity index (χ1v) is 15.1. The van der Waals surface area contributed by atoms with Gasteiger partial charge in [0.15, 0.2) is 0 Å². The molecule has 0 saturated carbocycles. The highest BCUT2D eigenvalue weighted by Gasteiger charge is 2.33. The molecule has 0 aliphatic carbocycles. The molecule has 0 spiro atoms. The standard InChI is InChI=1S/C30H35Cl2N3O4S/c1-19(2)33-30(37)23(6)34(17-24-10-14-27(31)28(32)16-24)29(36)18-35(25-11-9-21(4)22(5)15-25)40(38,39)26-12-7-20(3)8-13-26/h7-16,19,23H,17-18H2,1-6H3,(H,33,37)/t23-/m1/s1. The largest absolute Gasteiger partial charge is 0.352 e. The van der Waals surface area contributed by atoms with Crippen LogP contribution in [0.15, 0.2) is 65.6 Å². The highest BCUT2D eigenvalue weighted by Crippen LogP contribution is 2.28. The molecule has 0 unspecified atom stereocenters. The zero-order valence-corrected chi connectivity index (χ0v) is 25.9. The molecule has 0 bridgehead atoms. The van der Waals surface area contributed by atoms with Gasteiger partial charge in [-0.2, -0.15) is 0 Å². The molecule has 0 radical (unpaired) electrons. The van der Waals surface area contributed by atoms with Crippen molar-refractivity contribution in [1.82, 2.24) is 10.2 Å². The van der Waals surface area contributed by atoms with Gasteiger partial charge in [-0.05, 0) is 94.6 Å². The lowest BCUT2D eigenvalue weighted by Gasteiger charge is -2.32. The highest BCUT2D eigenvalue weighted by molar-refractivity contribution is 7.92. The molecule has 3 rings (SSSR count). The summed E-state index contributed by atoms with van der Waals surface area (Å²) >= 11 is 12.3. The zero-order valence-electron chi connectivity index (χ0n) is 23.5. The Morgan fingerprint density at radius 2 is 1.50 bits per heavy atom. The van der Waals surface area contributed by atoms with Gasteiger partial charge < -0.3 is 10.2 Å². The summed E-state index contributed by atoms with van der Waals surface area (Å²) in [6, 6.07) is 15.6. The van der Waals surface area contributed by atoms with Crippen LogP contribution in [0.4, 0.5) is 5.69 Å². The quantitative estimate of drug-likeness (QED) is 0.305. The number of anilines is 1. The molecule has 3 aromatic carbocycles. The average Bonchev–Trinajstić information content (AvgIpc) is 2.88. The van der Waals surface area contributed by atoms with Gasteiger partial charge in [-0.1, -0.05) is 53.0 Å². The van der Waals surface area contributed by atoms with Crippen LogP contribution in [-0.2, 0) is 26.2 Å². The Bertz CT molecular complexity index is 1490. The number of nitrogens with one attached hydrogen (secondary N) is 1. The maximum absolute atomic E-state index is 14.0. The van der Waals surface area contributed by atoms with Crippen LogP contribution in [0.5, 0.6) is 0 Å². The Labute approximate surface area is 247 Å². The van der Waals surface area contributed by atoms with E-state index in [2.05, 4.69) is 5.32 Å². The zero-order chi connectivity index (χ0) is 29.8. The molecule has 1 N–H and O–H groups in total. The number of aryl methyl sites for hydroxylation is 3. The van der Waals surface area contributed by atoms with Crippen molar-refractivity contribution in [2.45, 2.75) is 65.1 Å². The van der Waals surface area contributed by atoms with E-state index in [-0.39, 0.29) is 23.4 Å². The van der Waals surface area contributed by atoms with Crippen LogP contribution in [0.1, 0.15) is 43.0 Å². The number of carbonyl (C=O) groups is 2. The number of benzene rings is 3. The van der Waals surface area contributed by atoms with Crippen LogP contribution in [0, 0.1) is 20.8 Å². The van der Waals surface area contributed by atoms with Crippen LogP contribution >= 0.6 is 23.2 Å². The molecule has 3 aromatic rings. The van der Waals surface area contributed by atoms with Crippen molar-refractivity contribution < 1.29 is 18.0 Å². The van der Waals surface area contributed by atoms with Gasteiger partial charge in [-0.15, -0.1) is 0 Å². The third kappa shape index (κ3) is 7.56. The van der Waals surface area contributed by atoms with Gasteiger partial charge in [-0.25, -0.2) is 8.42 Å². The SMILES string of the molecule is Cc1ccc(S(=O)(=O)N(CC(=O)N(Cc2ccc(Cl)c(Cl)c2)[C@H](C)C(=O)NC(C)C)c2ccc(C)c(C)c2)cc1. The van der Waals surface area contributed by atoms with E-state index >= 15 is 0 Å². The van der Waals surface area contributed by atoms with Gasteiger partial charge in [0, 0.05) is 12.6 Å². The number of halogens is 2. The third-order valence-corrected chi connectivity index (χ3v) is 9.13. The Morgan fingerprint density at radius 1 is 0.850 bits per heavy atom. The van der Waals surface area contributed by atoms with Gasteiger partial charge in [-0.3, -0.25) is 13.9 Å². The normalized spacial score (nSPS) is 12.2. The van der Waals surface area contributed by atoms with Gasteiger partial charge in [0.05, 0.1) is 20.6 Å². The van der Waals surface area contributed by atoms with Crippen LogP contribution in [0.3, 0.4) is 0 Å². The second-order valence-corrected chi connectivity index (χ2v) is 12.9. The topological polar surface area (TPSA) is 86.8 Å². The van der Waals surface area contributed by atoms with E-state index in [9.17, 15) is 18.0 Å². The molecular formula is C30H35Cl2N3O4S. The molecule has 0 fully saturated rings. The predicted octanol–water partition coefficient (Wildman–Crippen LogP) is 6.06. The maximum atomic E-state index is 14.0. The Hall–Kier alpha value is -3.07. The van der Waals surface area contributed by atoms with E-state index < -0.39 is 28.5 Å². The van der Waals surface area contributed by atoms with Gasteiger partial charge in [0.1, 0.15) is 12.6 Å². The van der Waals surface area contributed by atoms with Crippen molar-refractivity contribution in [1.29, 1.82) is 0 Å². The molecule has 0 aliphatic rings. The van der Waals surface area contributed by atoms with Crippen molar-refractivity contribution >= 4 is 50.7 Å². The number of carbonyl (C=O) groups excluding carboxylic acids is 2. The van der Waals surface area contributed by atoms with Gasteiger partial charge in [0.25, 0.3) is 10.0 Å². The molecular weight excluding hydrogens is 569 g/mol. The number of nitrogens with zero attached hydrogens (tertiary/aromatic N) is 2. The number of rotatable bonds is 10. The molecule has 0 aromatic heterocycles. The van der Waals surface area contributed by atoms with Crippen molar-refractivity contribution in [3.05, 3.63) is 93.0 Å². The monoisotopic (exact) mass is 603 g/mol. The molecule has 7 nitrogen and oxygen atoms in total. The fraction of sp³-hybridized carbons (Fsp3) is 0.333. The number of sulfonamides is 1. The van der Waals surface area contributed by atoms with Gasteiger partial charge >= 0.3 is 0 Å². The number of hydrogen-bond acceptors (Lipinski definition) is 4. The molecule has 0 aliphatic heterocycles. The average molecular weight is 605 g/mol. The van der Waals surface area contributed by atoms with E-state index in [1.54, 1.807) is 49.4 Å². The van der Waals surface area contributed by atoms with Crippen LogP contribution in [0.2, 0.25) is 10.0 Å². The predicted molar refractivity (Wildman–Crippen MR) is 161 cm³/mol. The summed E-state index contributed by atoms with van der Waals surface area (Å²) < 4.78 is 29.0. The summed E-state index contributed by atoms with van der Waals surface area (Å²) in [6.07, 6.45) is 0. The van der Waals surface area contributed by atoms with Crippen LogP contribution in [-0.4, -0.2) is 43.8 Å². The lowest BCUT2D eigenvalue weighted by Crippen LogP contribution is -2.52. The summed E-state index contributed by atoms with van der Waals surface area (Å²) in [4.78, 5) is 28.4. The molecule has 0 saturated heterocycles. The molecule has 2 amide bonds. The molecule has 10 heteroatoms. The second kappa shape index (κ2) is 13.1. The van der Waals surface area contributed by atoms with E-state index in [1.165, 1.54) is 17.0 Å². The van der Waals surface area contributed by atoms with E-state index in [4.69, 9.17) is 23.2 Å². The van der Waals surface area contributed by atoms with E-state index in [1.807, 2.05) is 40.7 Å². The summed E-state index contributed by atoms with van der Waals surface area (Å²) in [5.74, 6) is -0.908. The van der Waals surface area contributed by atoms with E-state index in [0.29, 0.717) is 21.3 Å². The molecule has 214 valence electrons. The van der Waals surface area contributed by atoms with E-state index in [0.717, 1.165) is 21.0 Å². The molecule has 0 heterocycles. The Kier molecular flexibility index (Phi) is 10.3. The van der Waals surface area contributed by atoms with Crippen molar-refractivity contribution in [3.63, 3.8) is 0 Å². The Morgan fingerprint density at radius 3 is 2.08 bits per heavy atom. The van der Waals surface area contributed by atoms with Crippen LogP contribution < -0.4 is 9.62 Å². The van der Waals surface area contributed by atoms with Crippen molar-refractivity contribution in [2.24, 2.45) is 0 Å². The van der Waals surface area contributed by atoms with Crippen LogP contribution in [0.25, 0.3) is 0 Å². The summed E-state index contributed by atoms with van der Waals surface area (Å²) in [6.45, 7) is 10.4. The minimum absolute atomic E-state index is 0.0216. The second-order valence-electron chi connectivity index (χ2n) is 10.2. The fourth-order valence-electron chi connectivity index (χ4n) is 4.07. The highest BCUT2D eigenvalue weighted by atomic mass is 35.5. The van der Waals surface area contributed by atoms with Crippen molar-refractivity contribution in [2.75, 3.05) is 10.8 Å². The minimum atomic E-state index is -4.13. The van der Waals surface area contributed by atoms with Crippen molar-refractivity contribution in [3.8, 4) is 0 Å². The lowest BCUT2D eigenvalue weighted by atomic mass is 10.1. The minimum Gasteiger partial charge on any atom is -0.352 e.